The molecule has 3 N–H and O–H groups in total. The molecule has 0 spiro atoms. The van der Waals surface area contributed by atoms with Gasteiger partial charge in [-0.05, 0) is 60.6 Å². The molecule has 0 atom stereocenters. The molecule has 2 rings (SSSR count). The molecular weight excluding hydrogens is 458 g/mol. The van der Waals surface area contributed by atoms with E-state index >= 15 is 0 Å². The average Bonchev–Trinajstić information content (AvgIpc) is 2.72. The number of rotatable bonds is 5. The third-order valence-corrected chi connectivity index (χ3v) is 4.85. The summed E-state index contributed by atoms with van der Waals surface area (Å²) < 4.78 is 11.2. The summed E-state index contributed by atoms with van der Waals surface area (Å²) in [5.41, 5.74) is 7.12. The topological polar surface area (TPSA) is 88.7 Å². The van der Waals surface area contributed by atoms with Gasteiger partial charge < -0.3 is 9.47 Å². The number of thiocarbonyl (C=S) groups is 1. The molecule has 0 heterocycles. The van der Waals surface area contributed by atoms with Gasteiger partial charge in [0.05, 0.1) is 14.2 Å². The average molecular weight is 478 g/mol. The van der Waals surface area contributed by atoms with Gasteiger partial charge in [0.2, 0.25) is 5.91 Å². The number of hydrogen-bond acceptors (Lipinski definition) is 5. The fraction of sp³-hybridized carbons (Fsp3) is 0.150. The summed E-state index contributed by atoms with van der Waals surface area (Å²) in [4.78, 5) is 24.1. The van der Waals surface area contributed by atoms with Crippen molar-refractivity contribution >= 4 is 51.2 Å². The highest BCUT2D eigenvalue weighted by molar-refractivity contribution is 9.10. The van der Waals surface area contributed by atoms with Crippen LogP contribution in [0.4, 0.5) is 0 Å². The molecule has 2 aromatic rings. The van der Waals surface area contributed by atoms with Gasteiger partial charge in [-0.15, -0.1) is 0 Å². The molecule has 0 aromatic heterocycles. The van der Waals surface area contributed by atoms with Gasteiger partial charge in [-0.25, -0.2) is 0 Å². The molecule has 29 heavy (non-hydrogen) atoms. The predicted molar refractivity (Wildman–Crippen MR) is 119 cm³/mol. The van der Waals surface area contributed by atoms with Crippen molar-refractivity contribution in [3.8, 4) is 11.5 Å². The largest absolute Gasteiger partial charge is 0.493 e. The molecule has 0 saturated carbocycles. The number of aryl methyl sites for hydroxylation is 1. The summed E-state index contributed by atoms with van der Waals surface area (Å²) in [6.07, 6.45) is 2.91. The number of nitrogens with one attached hydrogen (secondary N) is 3. The van der Waals surface area contributed by atoms with Crippen molar-refractivity contribution in [1.29, 1.82) is 0 Å². The maximum absolute atomic E-state index is 12.1. The lowest BCUT2D eigenvalue weighted by molar-refractivity contribution is -0.115. The first kappa shape index (κ1) is 22.4. The fourth-order valence-electron chi connectivity index (χ4n) is 2.23. The summed E-state index contributed by atoms with van der Waals surface area (Å²) in [6.45, 7) is 1.92. The normalized spacial score (nSPS) is 10.3. The molecule has 0 radical (unpaired) electrons. The SMILES string of the molecule is COc1ccc(C=CC(=O)NC(=S)NNC(=O)c2ccc(C)c(Br)c2)cc1OC. The van der Waals surface area contributed by atoms with E-state index < -0.39 is 5.91 Å². The van der Waals surface area contributed by atoms with E-state index in [9.17, 15) is 9.59 Å². The first-order valence-electron chi connectivity index (χ1n) is 8.41. The molecule has 2 amide bonds. The van der Waals surface area contributed by atoms with Crippen LogP contribution < -0.4 is 25.6 Å². The van der Waals surface area contributed by atoms with Gasteiger partial charge in [0.25, 0.3) is 5.91 Å². The standard InChI is InChI=1S/C20H20BrN3O4S/c1-12-4-7-14(11-15(12)21)19(26)23-24-20(29)22-18(25)9-6-13-5-8-16(27-2)17(10-13)28-3/h4-11H,1-3H3,(H,23,26)(H2,22,24,25,29). The fourth-order valence-corrected chi connectivity index (χ4v) is 2.76. The van der Waals surface area contributed by atoms with Crippen molar-refractivity contribution in [2.75, 3.05) is 14.2 Å². The van der Waals surface area contributed by atoms with Crippen molar-refractivity contribution < 1.29 is 19.1 Å². The quantitative estimate of drug-likeness (QED) is 0.348. The van der Waals surface area contributed by atoms with E-state index in [1.165, 1.54) is 13.2 Å². The maximum Gasteiger partial charge on any atom is 0.269 e. The van der Waals surface area contributed by atoms with E-state index in [0.29, 0.717) is 17.1 Å². The number of carbonyl (C=O) groups is 2. The second-order valence-corrected chi connectivity index (χ2v) is 7.07. The Kier molecular flexibility index (Phi) is 8.17. The minimum absolute atomic E-state index is 0.0357. The molecule has 152 valence electrons. The van der Waals surface area contributed by atoms with E-state index in [4.69, 9.17) is 21.7 Å². The zero-order valence-electron chi connectivity index (χ0n) is 16.0. The van der Waals surface area contributed by atoms with Crippen molar-refractivity contribution in [3.05, 3.63) is 63.6 Å². The van der Waals surface area contributed by atoms with Gasteiger partial charge in [-0.3, -0.25) is 25.8 Å². The minimum Gasteiger partial charge on any atom is -0.493 e. The van der Waals surface area contributed by atoms with E-state index in [0.717, 1.165) is 15.6 Å². The van der Waals surface area contributed by atoms with Gasteiger partial charge in [-0.2, -0.15) is 0 Å². The monoisotopic (exact) mass is 477 g/mol. The number of ether oxygens (including phenoxy) is 2. The van der Waals surface area contributed by atoms with Gasteiger partial charge in [0.1, 0.15) is 0 Å². The Morgan fingerprint density at radius 3 is 2.41 bits per heavy atom. The molecule has 0 saturated heterocycles. The number of halogens is 1. The summed E-state index contributed by atoms with van der Waals surface area (Å²) in [5, 5.41) is 2.41. The summed E-state index contributed by atoms with van der Waals surface area (Å²) in [6, 6.07) is 10.4. The van der Waals surface area contributed by atoms with Crippen LogP contribution in [0.3, 0.4) is 0 Å². The van der Waals surface area contributed by atoms with Crippen LogP contribution in [-0.2, 0) is 4.79 Å². The van der Waals surface area contributed by atoms with Crippen LogP contribution in [0.25, 0.3) is 6.08 Å². The molecule has 0 aliphatic rings. The van der Waals surface area contributed by atoms with Crippen molar-refractivity contribution in [1.82, 2.24) is 16.2 Å². The Balaban J connectivity index is 1.87. The molecule has 7 nitrogen and oxygen atoms in total. The summed E-state index contributed by atoms with van der Waals surface area (Å²) in [7, 11) is 3.08. The lowest BCUT2D eigenvalue weighted by atomic mass is 10.1. The van der Waals surface area contributed by atoms with Crippen molar-refractivity contribution in [2.24, 2.45) is 0 Å². The molecule has 0 aliphatic heterocycles. The minimum atomic E-state index is -0.454. The van der Waals surface area contributed by atoms with Gasteiger partial charge >= 0.3 is 0 Å². The second-order valence-electron chi connectivity index (χ2n) is 5.81. The summed E-state index contributed by atoms with van der Waals surface area (Å²) in [5.74, 6) is 0.307. The Labute approximate surface area is 182 Å². The van der Waals surface area contributed by atoms with Crippen LogP contribution in [-0.4, -0.2) is 31.1 Å². The van der Waals surface area contributed by atoms with Crippen LogP contribution in [0, 0.1) is 6.92 Å². The Bertz CT molecular complexity index is 963. The number of amides is 2. The molecule has 9 heteroatoms. The van der Waals surface area contributed by atoms with Gasteiger partial charge in [0.15, 0.2) is 16.6 Å². The Morgan fingerprint density at radius 1 is 1.03 bits per heavy atom. The first-order valence-corrected chi connectivity index (χ1v) is 9.61. The highest BCUT2D eigenvalue weighted by Crippen LogP contribution is 2.27. The zero-order chi connectivity index (χ0) is 21.4. The number of benzene rings is 2. The van der Waals surface area contributed by atoms with Gasteiger partial charge in [0, 0.05) is 16.1 Å². The van der Waals surface area contributed by atoms with Crippen LogP contribution in [0.1, 0.15) is 21.5 Å². The smallest absolute Gasteiger partial charge is 0.269 e. The van der Waals surface area contributed by atoms with E-state index in [1.54, 1.807) is 43.5 Å². The van der Waals surface area contributed by atoms with E-state index in [1.807, 2.05) is 13.0 Å². The predicted octanol–water partition coefficient (Wildman–Crippen LogP) is 3.12. The van der Waals surface area contributed by atoms with E-state index in [2.05, 4.69) is 32.1 Å². The zero-order valence-corrected chi connectivity index (χ0v) is 18.4. The Morgan fingerprint density at radius 2 is 1.76 bits per heavy atom. The third-order valence-electron chi connectivity index (χ3n) is 3.80. The number of hydrogen-bond donors (Lipinski definition) is 3. The second kappa shape index (κ2) is 10.6. The van der Waals surface area contributed by atoms with Crippen molar-refractivity contribution in [3.63, 3.8) is 0 Å². The molecule has 0 unspecified atom stereocenters. The Hall–Kier alpha value is -2.91. The lowest BCUT2D eigenvalue weighted by Crippen LogP contribution is -2.48. The number of methoxy groups -OCH3 is 2. The summed E-state index contributed by atoms with van der Waals surface area (Å²) >= 11 is 8.39. The number of carbonyl (C=O) groups excluding carboxylic acids is 2. The molecule has 0 bridgehead atoms. The molecule has 0 aliphatic carbocycles. The van der Waals surface area contributed by atoms with Crippen molar-refractivity contribution in [2.45, 2.75) is 6.92 Å². The highest BCUT2D eigenvalue weighted by Gasteiger charge is 2.08. The van der Waals surface area contributed by atoms with E-state index in [-0.39, 0.29) is 11.0 Å². The lowest BCUT2D eigenvalue weighted by Gasteiger charge is -2.10. The van der Waals surface area contributed by atoms with Crippen LogP contribution in [0.15, 0.2) is 46.9 Å². The third kappa shape index (κ3) is 6.58. The maximum atomic E-state index is 12.1. The molecule has 2 aromatic carbocycles. The van der Waals surface area contributed by atoms with Crippen LogP contribution in [0.5, 0.6) is 11.5 Å². The van der Waals surface area contributed by atoms with Crippen LogP contribution >= 0.6 is 28.1 Å². The number of hydrazine groups is 1. The first-order chi connectivity index (χ1) is 13.8. The van der Waals surface area contributed by atoms with Gasteiger partial charge in [-0.1, -0.05) is 28.1 Å². The molecule has 0 fully saturated rings. The van der Waals surface area contributed by atoms with Crippen LogP contribution in [0.2, 0.25) is 0 Å². The molecular formula is C20H20BrN3O4S. The highest BCUT2D eigenvalue weighted by atomic mass is 79.9.